The fraction of sp³-hybridized carbons (Fsp3) is 0.667. The highest BCUT2D eigenvalue weighted by molar-refractivity contribution is 5.70. The van der Waals surface area contributed by atoms with E-state index in [2.05, 4.69) is 5.32 Å². The minimum absolute atomic E-state index is 0.125. The van der Waals surface area contributed by atoms with E-state index in [-0.39, 0.29) is 11.8 Å². The van der Waals surface area contributed by atoms with Gasteiger partial charge in [-0.1, -0.05) is 19.3 Å². The summed E-state index contributed by atoms with van der Waals surface area (Å²) in [5.74, 6) is 0.852. The first-order valence-electron chi connectivity index (χ1n) is 10.1. The molecule has 0 aliphatic heterocycles. The summed E-state index contributed by atoms with van der Waals surface area (Å²) < 4.78 is 43.0. The Bertz CT molecular complexity index is 597. The predicted octanol–water partition coefficient (Wildman–Crippen LogP) is 5.47. The van der Waals surface area contributed by atoms with Crippen molar-refractivity contribution in [2.45, 2.75) is 63.6 Å². The van der Waals surface area contributed by atoms with Gasteiger partial charge in [-0.15, -0.1) is 0 Å². The van der Waals surface area contributed by atoms with Gasteiger partial charge in [0.05, 0.1) is 5.56 Å². The minimum atomic E-state index is -4.40. The Labute approximate surface area is 165 Å². The predicted molar refractivity (Wildman–Crippen MR) is 103 cm³/mol. The van der Waals surface area contributed by atoms with Gasteiger partial charge < -0.3 is 15.0 Å². The molecule has 0 saturated heterocycles. The third kappa shape index (κ3) is 7.00. The summed E-state index contributed by atoms with van der Waals surface area (Å²) in [6.45, 7) is 1.07. The van der Waals surface area contributed by atoms with Crippen molar-refractivity contribution in [3.63, 3.8) is 0 Å². The second-order valence-electron chi connectivity index (χ2n) is 7.63. The molecule has 1 fully saturated rings. The van der Waals surface area contributed by atoms with Crippen molar-refractivity contribution in [3.05, 3.63) is 29.8 Å². The van der Waals surface area contributed by atoms with Crippen LogP contribution in [0.4, 0.5) is 18.0 Å². The lowest BCUT2D eigenvalue weighted by Gasteiger charge is -2.34. The van der Waals surface area contributed by atoms with Crippen LogP contribution >= 0.6 is 0 Å². The fourth-order valence-corrected chi connectivity index (χ4v) is 3.77. The quantitative estimate of drug-likeness (QED) is 0.588. The van der Waals surface area contributed by atoms with Gasteiger partial charge in [0, 0.05) is 13.1 Å². The molecule has 0 atom stereocenters. The molecular formula is C21H31F3N2O2. The molecule has 1 saturated carbocycles. The molecule has 28 heavy (non-hydrogen) atoms. The number of nitrogens with one attached hydrogen (secondary N) is 1. The fourth-order valence-electron chi connectivity index (χ4n) is 3.77. The third-order valence-electron chi connectivity index (χ3n) is 5.58. The van der Waals surface area contributed by atoms with Gasteiger partial charge in [0.15, 0.2) is 0 Å². The summed E-state index contributed by atoms with van der Waals surface area (Å²) in [5.41, 5.74) is -0.759. The standard InChI is InChI=1S/C21H31F3N2O2/c1-25-15-5-3-4-6-16-7-11-18(12-8-16)26(2)20(27)28-19-13-9-17(10-14-19)21(22,23)24/h9-10,13-14,16,18,25H,3-8,11-12,15H2,1-2H3. The molecule has 0 unspecified atom stereocenters. The van der Waals surface area contributed by atoms with Gasteiger partial charge in [0.25, 0.3) is 0 Å². The summed E-state index contributed by atoms with van der Waals surface area (Å²) in [6.07, 6.45) is 4.15. The third-order valence-corrected chi connectivity index (χ3v) is 5.58. The van der Waals surface area contributed by atoms with E-state index in [0.29, 0.717) is 0 Å². The number of rotatable bonds is 8. The van der Waals surface area contributed by atoms with E-state index in [1.165, 1.54) is 37.8 Å². The average molecular weight is 400 g/mol. The van der Waals surface area contributed by atoms with Crippen LogP contribution in [-0.2, 0) is 6.18 Å². The molecule has 0 spiro atoms. The maximum atomic E-state index is 12.6. The second-order valence-corrected chi connectivity index (χ2v) is 7.63. The molecule has 0 aromatic heterocycles. The lowest BCUT2D eigenvalue weighted by atomic mass is 9.82. The number of hydrogen-bond donors (Lipinski definition) is 1. The molecule has 0 radical (unpaired) electrons. The summed E-state index contributed by atoms with van der Waals surface area (Å²) >= 11 is 0. The molecule has 4 nitrogen and oxygen atoms in total. The Kier molecular flexibility index (Phi) is 8.60. The zero-order chi connectivity index (χ0) is 20.6. The lowest BCUT2D eigenvalue weighted by molar-refractivity contribution is -0.137. The molecular weight excluding hydrogens is 369 g/mol. The van der Waals surface area contributed by atoms with E-state index >= 15 is 0 Å². The van der Waals surface area contributed by atoms with Crippen LogP contribution in [0, 0.1) is 5.92 Å². The average Bonchev–Trinajstić information content (AvgIpc) is 2.67. The van der Waals surface area contributed by atoms with E-state index in [1.54, 1.807) is 11.9 Å². The molecule has 158 valence electrons. The first-order chi connectivity index (χ1) is 13.3. The van der Waals surface area contributed by atoms with E-state index in [1.807, 2.05) is 7.05 Å². The van der Waals surface area contributed by atoms with Crippen LogP contribution in [0.1, 0.15) is 56.9 Å². The number of carbonyl (C=O) groups excluding carboxylic acids is 1. The lowest BCUT2D eigenvalue weighted by Crippen LogP contribution is -2.41. The van der Waals surface area contributed by atoms with Crippen LogP contribution in [0.5, 0.6) is 5.75 Å². The highest BCUT2D eigenvalue weighted by Crippen LogP contribution is 2.32. The van der Waals surface area contributed by atoms with Crippen LogP contribution < -0.4 is 10.1 Å². The molecule has 1 aromatic rings. The number of ether oxygens (including phenoxy) is 1. The van der Waals surface area contributed by atoms with Crippen molar-refractivity contribution in [1.82, 2.24) is 10.2 Å². The Balaban J connectivity index is 1.73. The zero-order valence-electron chi connectivity index (χ0n) is 16.7. The summed E-state index contributed by atoms with van der Waals surface area (Å²) in [5, 5.41) is 3.16. The van der Waals surface area contributed by atoms with Gasteiger partial charge in [0.2, 0.25) is 0 Å². The van der Waals surface area contributed by atoms with Crippen molar-refractivity contribution >= 4 is 6.09 Å². The van der Waals surface area contributed by atoms with Gasteiger partial charge >= 0.3 is 12.3 Å². The maximum absolute atomic E-state index is 12.6. The Morgan fingerprint density at radius 1 is 1.11 bits per heavy atom. The molecule has 7 heteroatoms. The Hall–Kier alpha value is -1.76. The van der Waals surface area contributed by atoms with E-state index in [4.69, 9.17) is 4.74 Å². The molecule has 1 amide bonds. The normalized spacial score (nSPS) is 20.0. The number of benzene rings is 1. The van der Waals surface area contributed by atoms with Gasteiger partial charge in [0.1, 0.15) is 5.75 Å². The zero-order valence-corrected chi connectivity index (χ0v) is 16.7. The summed E-state index contributed by atoms with van der Waals surface area (Å²) in [7, 11) is 3.68. The maximum Gasteiger partial charge on any atom is 0.416 e. The molecule has 1 aliphatic rings. The largest absolute Gasteiger partial charge is 0.416 e. The summed E-state index contributed by atoms with van der Waals surface area (Å²) in [6, 6.07) is 4.33. The smallest absolute Gasteiger partial charge is 0.410 e. The highest BCUT2D eigenvalue weighted by atomic mass is 19.4. The van der Waals surface area contributed by atoms with E-state index < -0.39 is 17.8 Å². The van der Waals surface area contributed by atoms with Crippen LogP contribution in [0.2, 0.25) is 0 Å². The molecule has 0 bridgehead atoms. The van der Waals surface area contributed by atoms with E-state index in [9.17, 15) is 18.0 Å². The molecule has 1 aromatic carbocycles. The molecule has 0 heterocycles. The number of nitrogens with zero attached hydrogens (tertiary/aromatic N) is 1. The molecule has 1 N–H and O–H groups in total. The monoisotopic (exact) mass is 400 g/mol. The Morgan fingerprint density at radius 2 is 1.75 bits per heavy atom. The van der Waals surface area contributed by atoms with Crippen molar-refractivity contribution in [1.29, 1.82) is 0 Å². The van der Waals surface area contributed by atoms with Crippen molar-refractivity contribution in [2.75, 3.05) is 20.6 Å². The van der Waals surface area contributed by atoms with Crippen molar-refractivity contribution in [3.8, 4) is 5.75 Å². The number of halogens is 3. The van der Waals surface area contributed by atoms with Gasteiger partial charge in [-0.05, 0) is 75.9 Å². The van der Waals surface area contributed by atoms with Crippen LogP contribution in [-0.4, -0.2) is 37.7 Å². The number of alkyl halides is 3. The SMILES string of the molecule is CNCCCCCC1CCC(N(C)C(=O)Oc2ccc(C(F)(F)F)cc2)CC1. The van der Waals surface area contributed by atoms with Gasteiger partial charge in [-0.2, -0.15) is 13.2 Å². The van der Waals surface area contributed by atoms with Crippen molar-refractivity contribution in [2.24, 2.45) is 5.92 Å². The van der Waals surface area contributed by atoms with Crippen molar-refractivity contribution < 1.29 is 22.7 Å². The first kappa shape index (κ1) is 22.5. The topological polar surface area (TPSA) is 41.6 Å². The number of carbonyl (C=O) groups is 1. The number of amides is 1. The molecule has 2 rings (SSSR count). The minimum Gasteiger partial charge on any atom is -0.410 e. The first-order valence-corrected chi connectivity index (χ1v) is 10.1. The number of hydrogen-bond acceptors (Lipinski definition) is 3. The van der Waals surface area contributed by atoms with Crippen LogP contribution in [0.3, 0.4) is 0 Å². The molecule has 1 aliphatic carbocycles. The number of unbranched alkanes of at least 4 members (excludes halogenated alkanes) is 2. The van der Waals surface area contributed by atoms with Crippen LogP contribution in [0.15, 0.2) is 24.3 Å². The highest BCUT2D eigenvalue weighted by Gasteiger charge is 2.30. The van der Waals surface area contributed by atoms with Gasteiger partial charge in [-0.3, -0.25) is 0 Å². The summed E-state index contributed by atoms with van der Waals surface area (Å²) in [4.78, 5) is 13.9. The van der Waals surface area contributed by atoms with Gasteiger partial charge in [-0.25, -0.2) is 4.79 Å². The second kappa shape index (κ2) is 10.7. The Morgan fingerprint density at radius 3 is 2.32 bits per heavy atom. The van der Waals surface area contributed by atoms with E-state index in [0.717, 1.165) is 50.3 Å². The van der Waals surface area contributed by atoms with Crippen LogP contribution in [0.25, 0.3) is 0 Å².